The minimum Gasteiger partial charge on any atom is -0.468 e. The summed E-state index contributed by atoms with van der Waals surface area (Å²) in [5, 5.41) is 17.3. The van der Waals surface area contributed by atoms with Gasteiger partial charge in [0.2, 0.25) is 0 Å². The molecule has 6 N–H and O–H groups in total. The van der Waals surface area contributed by atoms with E-state index in [4.69, 9.17) is 85.9 Å². The topological polar surface area (TPSA) is 279 Å². The smallest absolute Gasteiger partial charge is 0.339 e. The van der Waals surface area contributed by atoms with E-state index < -0.39 is 28.6 Å². The van der Waals surface area contributed by atoms with E-state index in [1.54, 1.807) is 31.5 Å². The van der Waals surface area contributed by atoms with Crippen molar-refractivity contribution in [2.75, 3.05) is 19.0 Å². The zero-order valence-corrected chi connectivity index (χ0v) is 70.9. The second kappa shape index (κ2) is 44.3. The molecule has 0 radical (unpaired) electrons. The number of benzene rings is 5. The van der Waals surface area contributed by atoms with E-state index in [0.717, 1.165) is 169 Å². The van der Waals surface area contributed by atoms with Crippen LogP contribution in [0, 0.1) is 51.0 Å². The summed E-state index contributed by atoms with van der Waals surface area (Å²) < 4.78 is 83.5. The summed E-state index contributed by atoms with van der Waals surface area (Å²) in [5.41, 5.74) is 15.9. The molecule has 5 aliphatic carbocycles. The van der Waals surface area contributed by atoms with Crippen molar-refractivity contribution in [3.05, 3.63) is 239 Å². The number of carbonyl (C=O) groups excluding carboxylic acids is 2. The molecule has 15 rings (SSSR count). The summed E-state index contributed by atoms with van der Waals surface area (Å²) in [6.45, 7) is 3.92. The summed E-state index contributed by atoms with van der Waals surface area (Å²) in [7, 11) is 1.32. The molecule has 5 heterocycles. The number of nitrogens with two attached hydrogens (primary N) is 1. The zero-order chi connectivity index (χ0) is 82.2. The molecule has 1 saturated carbocycles. The molecule has 1 unspecified atom stereocenters. The number of ether oxygens (including phenoxy) is 1. The maximum atomic E-state index is 14.3. The molecule has 5 aliphatic rings. The van der Waals surface area contributed by atoms with E-state index in [2.05, 4.69) is 111 Å². The van der Waals surface area contributed by atoms with E-state index in [1.807, 2.05) is 13.0 Å². The first-order chi connectivity index (χ1) is 53.8. The number of halogens is 15. The van der Waals surface area contributed by atoms with Crippen LogP contribution in [-0.2, 0) is 70.3 Å². The van der Waals surface area contributed by atoms with Gasteiger partial charge in [-0.1, -0.05) is 76.0 Å². The van der Waals surface area contributed by atoms with Gasteiger partial charge in [-0.25, -0.2) is 56.8 Å². The number of fused-ring (bicyclic) bond motifs is 4. The molecule has 0 bridgehead atoms. The van der Waals surface area contributed by atoms with Crippen LogP contribution in [0.1, 0.15) is 140 Å². The summed E-state index contributed by atoms with van der Waals surface area (Å²) in [6, 6.07) is 23.3. The number of H-pyrrole nitrogens is 1. The molecule has 0 aliphatic heterocycles. The van der Waals surface area contributed by atoms with Gasteiger partial charge in [0.25, 0.3) is 5.56 Å². The third-order valence-corrected chi connectivity index (χ3v) is 20.2. The van der Waals surface area contributed by atoms with Crippen LogP contribution >= 0.6 is 131 Å². The number of anilines is 2. The van der Waals surface area contributed by atoms with Gasteiger partial charge in [-0.05, 0) is 288 Å². The van der Waals surface area contributed by atoms with Gasteiger partial charge in [0.05, 0.1) is 40.6 Å². The van der Waals surface area contributed by atoms with E-state index in [-0.39, 0.29) is 58.3 Å². The molecule has 598 valence electrons. The lowest BCUT2D eigenvalue weighted by Gasteiger charge is -2.20. The predicted octanol–water partition coefficient (Wildman–Crippen LogP) is 22.7. The average Bonchev–Trinajstić information content (AvgIpc) is 0.662. The molecular formula is C79H76Cl9F5IN12O6P. The number of hydrogen-bond donors (Lipinski definition) is 5. The second-order valence-corrected chi connectivity index (χ2v) is 36.1. The Morgan fingerprint density at radius 2 is 0.965 bits per heavy atom. The number of pyridine rings is 1. The summed E-state index contributed by atoms with van der Waals surface area (Å²) in [4.78, 5) is 72.1. The Kier molecular flexibility index (Phi) is 35.9. The fourth-order valence-corrected chi connectivity index (χ4v) is 14.3. The largest absolute Gasteiger partial charge is 0.468 e. The lowest BCUT2D eigenvalue weighted by atomic mass is 9.88. The number of rotatable bonds is 8. The Labute approximate surface area is 708 Å². The summed E-state index contributed by atoms with van der Waals surface area (Å²) >= 11 is 51.5. The number of carbonyl (C=O) groups is 2. The standard InChI is InChI=1S/C20H18ClFN4.C14H11Cl2FN2.C14H11ClFIN2.C14H12ClFN2O.C8H12O3.C7H6ClFN2.C2H6O.Cl3OP/c1-12-11-23-9-8-17(12)24-19-14-4-2-3-5-18(14)25-20(26-19)15-10-13(21)6-7-16(15)22;15-8-5-6-11(17)10(7-8)14-18-12-4-2-1-3-9(12)13(16)19-14;15-8-5-6-11(16)10(7-8)14-18-12-4-2-1-3-9(12)13(17)19-14;15-8-5-6-11(16)10(7-8)13-17-12-4-2-1-3-9(12)14(19)18-13;1-11-8(10)6-4-2-3-5-7(6)9;8-4-1-2-6(9)5(3-4)7(10)11;1-2-3;1-5(2,3)4/h6-11H,2-5H2,1H3,(H,23,24,25,26);2*5-7H,1-4H2;5-7H,1-4H2,(H,17,18,19);6H,2-5H2,1H3;1-3H,(H3,10,11);3H,2H2,1H3;. The molecule has 1 atom stereocenters. The van der Waals surface area contributed by atoms with Crippen molar-refractivity contribution in [2.24, 2.45) is 11.7 Å². The number of aliphatic hydroxyl groups excluding tert-OH is 1. The van der Waals surface area contributed by atoms with Crippen molar-refractivity contribution in [3.8, 4) is 45.6 Å². The van der Waals surface area contributed by atoms with Crippen LogP contribution in [0.5, 0.6) is 0 Å². The normalized spacial score (nSPS) is 14.3. The number of Topliss-reactive ketones (excluding diaryl/α,β-unsaturated/α-hetero) is 1. The molecule has 34 heteroatoms. The van der Waals surface area contributed by atoms with Crippen LogP contribution in [-0.4, -0.2) is 81.3 Å². The highest BCUT2D eigenvalue weighted by Crippen LogP contribution is 2.61. The number of esters is 1. The van der Waals surface area contributed by atoms with Crippen molar-refractivity contribution in [3.63, 3.8) is 0 Å². The highest BCUT2D eigenvalue weighted by Gasteiger charge is 2.30. The number of ketones is 1. The maximum Gasteiger partial charge on any atom is 0.339 e. The molecule has 0 saturated heterocycles. The van der Waals surface area contributed by atoms with Crippen LogP contribution in [0.15, 0.2) is 114 Å². The maximum absolute atomic E-state index is 14.3. The molecule has 18 nitrogen and oxygen atoms in total. The Morgan fingerprint density at radius 1 is 0.566 bits per heavy atom. The Morgan fingerprint density at radius 3 is 1.44 bits per heavy atom. The average molecular weight is 1860 g/mol. The first-order valence-corrected chi connectivity index (χ1v) is 43.4. The number of hydrogen-bond acceptors (Lipinski definition) is 16. The minimum atomic E-state index is -3.22. The van der Waals surface area contributed by atoms with Gasteiger partial charge in [-0.15, -0.1) is 0 Å². The van der Waals surface area contributed by atoms with Gasteiger partial charge in [0.15, 0.2) is 17.5 Å². The van der Waals surface area contributed by atoms with Gasteiger partial charge in [0.1, 0.15) is 67.1 Å². The Bertz CT molecular complexity index is 5050. The highest BCUT2D eigenvalue weighted by atomic mass is 127. The number of aryl methyl sites for hydroxylation is 5. The minimum absolute atomic E-state index is 0.0394. The van der Waals surface area contributed by atoms with Gasteiger partial charge >= 0.3 is 11.2 Å². The molecule has 5 aromatic carbocycles. The number of nitrogen functional groups attached to an aromatic ring is 1. The van der Waals surface area contributed by atoms with Crippen LogP contribution in [0.25, 0.3) is 45.6 Å². The molecule has 1 fully saturated rings. The SMILES string of the molecule is CCO.COC(=O)C1CCCCC1=O.Cc1cnccc1Nc1nc(-c2cc(Cl)ccc2F)nc2c1CCCC2.Fc1ccc(Cl)cc1-c1nc(Cl)c2c(n1)CCCC2.Fc1ccc(Cl)cc1-c1nc(I)c2c(n1)CCCC2.N=C(N)c1cc(Cl)ccc1F.O=P(Cl)(Cl)Cl.O=c1[nH]c(-c2cc(Cl)ccc2F)nc2c1CCCC2. The van der Waals surface area contributed by atoms with Crippen molar-refractivity contribution < 1.29 is 45.9 Å². The number of amidine groups is 1. The fraction of sp³-hybridized carbons (Fsp3) is 0.316. The quantitative estimate of drug-likeness (QED) is 0.0138. The van der Waals surface area contributed by atoms with Gasteiger partial charge < -0.3 is 25.9 Å². The first kappa shape index (κ1) is 91.5. The Balaban J connectivity index is 0.000000170. The van der Waals surface area contributed by atoms with E-state index in [9.17, 15) is 40.9 Å². The van der Waals surface area contributed by atoms with Gasteiger partial charge in [-0.2, -0.15) is 0 Å². The number of aliphatic hydroxyl groups is 1. The second-order valence-electron chi connectivity index (χ2n) is 25.9. The van der Waals surface area contributed by atoms with E-state index in [1.165, 1.54) is 98.0 Å². The highest BCUT2D eigenvalue weighted by molar-refractivity contribution is 14.1. The summed E-state index contributed by atoms with van der Waals surface area (Å²) in [6.07, 6.45) is 22.4. The summed E-state index contributed by atoms with van der Waals surface area (Å²) in [5.74, 6) is -1.08. The van der Waals surface area contributed by atoms with Gasteiger partial charge in [-0.3, -0.25) is 29.3 Å². The molecule has 5 aromatic heterocycles. The fourth-order valence-electron chi connectivity index (χ4n) is 12.4. The van der Waals surface area contributed by atoms with Crippen LogP contribution < -0.4 is 16.6 Å². The van der Waals surface area contributed by atoms with Gasteiger partial charge in [0, 0.05) is 95.6 Å². The number of aromatic amines is 1. The van der Waals surface area contributed by atoms with E-state index >= 15 is 0 Å². The lowest BCUT2D eigenvalue weighted by molar-refractivity contribution is -0.150. The van der Waals surface area contributed by atoms with Crippen molar-refractivity contribution in [1.29, 1.82) is 5.41 Å². The monoisotopic (exact) mass is 1860 g/mol. The number of nitrogens with one attached hydrogen (secondary N) is 3. The number of methoxy groups -OCH3 is 1. The molecule has 0 amide bonds. The van der Waals surface area contributed by atoms with E-state index in [0.29, 0.717) is 77.3 Å². The van der Waals surface area contributed by atoms with Crippen molar-refractivity contribution in [1.82, 2.24) is 44.9 Å². The van der Waals surface area contributed by atoms with Crippen molar-refractivity contribution in [2.45, 2.75) is 142 Å². The Hall–Kier alpha value is -7.04. The molecule has 113 heavy (non-hydrogen) atoms. The molecule has 10 aromatic rings. The van der Waals surface area contributed by atoms with Crippen LogP contribution in [0.2, 0.25) is 30.3 Å². The van der Waals surface area contributed by atoms with Crippen LogP contribution in [0.3, 0.4) is 0 Å². The zero-order valence-electron chi connectivity index (χ0n) is 61.1. The molecule has 0 spiro atoms. The number of nitrogens with zero attached hydrogens (tertiary/aromatic N) is 8. The first-order valence-electron chi connectivity index (χ1n) is 35.7. The third-order valence-electron chi connectivity index (χ3n) is 17.9. The van der Waals surface area contributed by atoms with Crippen LogP contribution in [0.4, 0.5) is 33.5 Å². The lowest BCUT2D eigenvalue weighted by Crippen LogP contribution is -2.27. The van der Waals surface area contributed by atoms with Crippen molar-refractivity contribution >= 4 is 160 Å². The third kappa shape index (κ3) is 27.3. The predicted molar refractivity (Wildman–Crippen MR) is 448 cm³/mol. The molecular weight excluding hydrogens is 1780 g/mol. The number of aromatic nitrogens is 9.